The lowest BCUT2D eigenvalue weighted by Crippen LogP contribution is -2.65. The highest BCUT2D eigenvalue weighted by atomic mass is 16.8. The van der Waals surface area contributed by atoms with Gasteiger partial charge in [-0.2, -0.15) is 5.06 Å². The minimum absolute atomic E-state index is 0.118. The van der Waals surface area contributed by atoms with Gasteiger partial charge in [0.1, 0.15) is 18.5 Å². The maximum Gasteiger partial charge on any atom is 0.172 e. The number of hydrogen-bond acceptors (Lipinski definition) is 6. The molecule has 0 radical (unpaired) electrons. The summed E-state index contributed by atoms with van der Waals surface area (Å²) in [6, 6.07) is 8.26. The van der Waals surface area contributed by atoms with E-state index >= 15 is 0 Å². The number of epoxide rings is 1. The fraction of sp³-hybridized carbons (Fsp3) is 0.750. The number of piperidine rings is 1. The van der Waals surface area contributed by atoms with Crippen molar-refractivity contribution < 1.29 is 23.8 Å². The van der Waals surface area contributed by atoms with Crippen LogP contribution in [0.5, 0.6) is 5.75 Å². The molecule has 6 heteroatoms. The summed E-state index contributed by atoms with van der Waals surface area (Å²) in [5, 5.41) is 2.17. The van der Waals surface area contributed by atoms with Gasteiger partial charge in [-0.05, 0) is 65.7 Å². The molecular formula is C24H37NO5. The lowest BCUT2D eigenvalue weighted by atomic mass is 9.78. The molecule has 3 fully saturated rings. The number of benzene rings is 1. The van der Waals surface area contributed by atoms with Crippen LogP contribution in [0.25, 0.3) is 0 Å². The zero-order chi connectivity index (χ0) is 21.6. The van der Waals surface area contributed by atoms with E-state index in [1.807, 2.05) is 12.1 Å². The van der Waals surface area contributed by atoms with Crippen molar-refractivity contribution in [3.05, 3.63) is 29.8 Å². The van der Waals surface area contributed by atoms with Gasteiger partial charge in [-0.3, -0.25) is 4.84 Å². The first-order valence-corrected chi connectivity index (χ1v) is 11.2. The summed E-state index contributed by atoms with van der Waals surface area (Å²) >= 11 is 0. The molecule has 0 aliphatic carbocycles. The Bertz CT molecular complexity index is 698. The first-order chi connectivity index (χ1) is 14.1. The van der Waals surface area contributed by atoms with E-state index in [1.165, 1.54) is 5.56 Å². The van der Waals surface area contributed by atoms with Crippen LogP contribution in [0.15, 0.2) is 24.3 Å². The molecule has 1 aromatic carbocycles. The van der Waals surface area contributed by atoms with Gasteiger partial charge in [-0.1, -0.05) is 12.1 Å². The highest BCUT2D eigenvalue weighted by molar-refractivity contribution is 5.27. The van der Waals surface area contributed by atoms with Crippen LogP contribution in [0.2, 0.25) is 0 Å². The fourth-order valence-corrected chi connectivity index (χ4v) is 5.12. The molecule has 3 aliphatic heterocycles. The van der Waals surface area contributed by atoms with E-state index in [9.17, 15) is 0 Å². The molecule has 0 saturated carbocycles. The maximum atomic E-state index is 6.37. The Morgan fingerprint density at radius 3 is 2.07 bits per heavy atom. The molecule has 3 heterocycles. The Balaban J connectivity index is 1.32. The molecule has 0 aromatic heterocycles. The molecule has 3 saturated heterocycles. The number of nitrogens with zero attached hydrogens (tertiary/aromatic N) is 1. The molecule has 1 aromatic rings. The molecule has 4 rings (SSSR count). The summed E-state index contributed by atoms with van der Waals surface area (Å²) < 4.78 is 23.5. The summed E-state index contributed by atoms with van der Waals surface area (Å²) in [6.45, 7) is 15.1. The molecule has 30 heavy (non-hydrogen) atoms. The van der Waals surface area contributed by atoms with Gasteiger partial charge in [0.2, 0.25) is 0 Å². The van der Waals surface area contributed by atoms with E-state index in [1.54, 1.807) is 0 Å². The Labute approximate surface area is 180 Å². The van der Waals surface area contributed by atoms with Gasteiger partial charge in [-0.25, -0.2) is 0 Å². The average Bonchev–Trinajstić information content (AvgIpc) is 3.42. The summed E-state index contributed by atoms with van der Waals surface area (Å²) in [5.41, 5.74) is 0.835. The van der Waals surface area contributed by atoms with E-state index in [-0.39, 0.29) is 29.4 Å². The lowest BCUT2D eigenvalue weighted by Gasteiger charge is -2.56. The first kappa shape index (κ1) is 22.0. The third kappa shape index (κ3) is 4.83. The fourth-order valence-electron chi connectivity index (χ4n) is 5.12. The van der Waals surface area contributed by atoms with E-state index in [0.29, 0.717) is 13.2 Å². The first-order valence-electron chi connectivity index (χ1n) is 11.2. The zero-order valence-electron chi connectivity index (χ0n) is 19.3. The Morgan fingerprint density at radius 2 is 1.53 bits per heavy atom. The molecule has 0 amide bonds. The SMILES string of the molecule is CC1OC2(CC(C)(C)N(OCCc3ccc(OCC4CO4)cc3)C(C)(C)C2)OC1C. The van der Waals surface area contributed by atoms with Gasteiger partial charge >= 0.3 is 0 Å². The molecule has 0 bridgehead atoms. The van der Waals surface area contributed by atoms with Crippen LogP contribution in [-0.4, -0.2) is 60.1 Å². The van der Waals surface area contributed by atoms with E-state index in [4.69, 9.17) is 23.8 Å². The Kier molecular flexibility index (Phi) is 5.92. The van der Waals surface area contributed by atoms with Gasteiger partial charge in [-0.15, -0.1) is 0 Å². The van der Waals surface area contributed by atoms with Gasteiger partial charge in [0.15, 0.2) is 5.79 Å². The zero-order valence-corrected chi connectivity index (χ0v) is 19.3. The predicted octanol–water partition coefficient (Wildman–Crippen LogP) is 4.11. The summed E-state index contributed by atoms with van der Waals surface area (Å²) in [4.78, 5) is 6.37. The second-order valence-corrected chi connectivity index (χ2v) is 10.3. The normalized spacial score (nSPS) is 31.7. The van der Waals surface area contributed by atoms with Gasteiger partial charge in [0.05, 0.1) is 25.4 Å². The molecule has 6 nitrogen and oxygen atoms in total. The van der Waals surface area contributed by atoms with Crippen molar-refractivity contribution in [3.8, 4) is 5.75 Å². The van der Waals surface area contributed by atoms with E-state index in [2.05, 4.69) is 58.7 Å². The highest BCUT2D eigenvalue weighted by Gasteiger charge is 2.58. The van der Waals surface area contributed by atoms with Crippen molar-refractivity contribution in [3.63, 3.8) is 0 Å². The second kappa shape index (κ2) is 8.06. The van der Waals surface area contributed by atoms with Gasteiger partial charge < -0.3 is 18.9 Å². The topological polar surface area (TPSA) is 52.7 Å². The number of hydroxylamine groups is 2. The molecule has 3 aliphatic rings. The summed E-state index contributed by atoms with van der Waals surface area (Å²) in [5.74, 6) is 0.367. The molecule has 1 spiro atoms. The van der Waals surface area contributed by atoms with Crippen molar-refractivity contribution in [1.29, 1.82) is 0 Å². The quantitative estimate of drug-likeness (QED) is 0.620. The Hall–Kier alpha value is -1.18. The van der Waals surface area contributed by atoms with Crippen molar-refractivity contribution in [2.24, 2.45) is 0 Å². The van der Waals surface area contributed by atoms with Crippen molar-refractivity contribution in [2.45, 2.75) is 96.0 Å². The van der Waals surface area contributed by atoms with Crippen LogP contribution in [0, 0.1) is 0 Å². The van der Waals surface area contributed by atoms with Crippen LogP contribution < -0.4 is 4.74 Å². The standard InChI is InChI=1S/C24H37NO5/c1-17-18(2)30-24(29-17)15-22(3,4)25(23(5,6)16-24)28-12-11-19-7-9-20(10-8-19)26-13-21-14-27-21/h7-10,17-18,21H,11-16H2,1-6H3. The molecule has 168 valence electrons. The smallest absolute Gasteiger partial charge is 0.172 e. The number of rotatable bonds is 7. The third-order valence-corrected chi connectivity index (χ3v) is 6.34. The summed E-state index contributed by atoms with van der Waals surface area (Å²) in [6.07, 6.45) is 2.94. The minimum atomic E-state index is -0.521. The van der Waals surface area contributed by atoms with Crippen LogP contribution in [0.3, 0.4) is 0 Å². The van der Waals surface area contributed by atoms with E-state index < -0.39 is 5.79 Å². The summed E-state index contributed by atoms with van der Waals surface area (Å²) in [7, 11) is 0. The largest absolute Gasteiger partial charge is 0.491 e. The second-order valence-electron chi connectivity index (χ2n) is 10.3. The molecule has 3 atom stereocenters. The van der Waals surface area contributed by atoms with Crippen molar-refractivity contribution >= 4 is 0 Å². The van der Waals surface area contributed by atoms with Gasteiger partial charge in [0, 0.05) is 23.9 Å². The Morgan fingerprint density at radius 1 is 0.967 bits per heavy atom. The number of ether oxygens (including phenoxy) is 4. The van der Waals surface area contributed by atoms with Crippen LogP contribution in [0.1, 0.15) is 59.9 Å². The average molecular weight is 420 g/mol. The molecular weight excluding hydrogens is 382 g/mol. The monoisotopic (exact) mass is 419 g/mol. The lowest BCUT2D eigenvalue weighted by molar-refractivity contribution is -0.338. The third-order valence-electron chi connectivity index (χ3n) is 6.34. The van der Waals surface area contributed by atoms with Crippen LogP contribution in [0.4, 0.5) is 0 Å². The van der Waals surface area contributed by atoms with Crippen molar-refractivity contribution in [2.75, 3.05) is 19.8 Å². The number of hydrogen-bond donors (Lipinski definition) is 0. The molecule has 0 N–H and O–H groups in total. The van der Waals surface area contributed by atoms with Crippen LogP contribution >= 0.6 is 0 Å². The molecule has 3 unspecified atom stereocenters. The predicted molar refractivity (Wildman–Crippen MR) is 114 cm³/mol. The van der Waals surface area contributed by atoms with Crippen LogP contribution in [-0.2, 0) is 25.5 Å². The van der Waals surface area contributed by atoms with Gasteiger partial charge in [0.25, 0.3) is 0 Å². The highest BCUT2D eigenvalue weighted by Crippen LogP contribution is 2.49. The maximum absolute atomic E-state index is 6.37. The minimum Gasteiger partial charge on any atom is -0.491 e. The van der Waals surface area contributed by atoms with Crippen molar-refractivity contribution in [1.82, 2.24) is 5.06 Å². The van der Waals surface area contributed by atoms with E-state index in [0.717, 1.165) is 31.6 Å².